The summed E-state index contributed by atoms with van der Waals surface area (Å²) in [5.74, 6) is -0.844. The standard InChI is InChI=1S/C26H28ClN3O5S2/c1-17(19-7-4-5-8-20(19)27)35-23-14-24(36-25(23)26(31)32)30-16-28-21-10-9-18(13-22(21)30)15-37(33,34)12-6-11-29(2)3/h4-5,7-10,13-14,16-17H,6,11-12,15H2,1-3H3,(H,31,32)/t17-/m1/s1. The van der Waals surface area contributed by atoms with Crippen LogP contribution in [0.15, 0.2) is 54.9 Å². The first-order valence-electron chi connectivity index (χ1n) is 11.6. The first-order valence-corrected chi connectivity index (χ1v) is 14.7. The average molecular weight is 562 g/mol. The van der Waals surface area contributed by atoms with Gasteiger partial charge in [0.2, 0.25) is 0 Å². The Kier molecular flexibility index (Phi) is 8.23. The summed E-state index contributed by atoms with van der Waals surface area (Å²) in [7, 11) is 0.546. The third-order valence-electron chi connectivity index (χ3n) is 5.82. The summed E-state index contributed by atoms with van der Waals surface area (Å²) in [6.45, 7) is 2.51. The number of rotatable bonds is 11. The Hall–Kier alpha value is -2.92. The van der Waals surface area contributed by atoms with Gasteiger partial charge in [0.1, 0.15) is 23.2 Å². The first-order chi connectivity index (χ1) is 17.5. The predicted molar refractivity (Wildman–Crippen MR) is 147 cm³/mol. The number of carbonyl (C=O) groups is 1. The highest BCUT2D eigenvalue weighted by Gasteiger charge is 2.22. The number of thiophene rings is 1. The van der Waals surface area contributed by atoms with Gasteiger partial charge < -0.3 is 14.7 Å². The number of imidazole rings is 1. The molecule has 0 fully saturated rings. The van der Waals surface area contributed by atoms with E-state index >= 15 is 0 Å². The van der Waals surface area contributed by atoms with Crippen LogP contribution in [-0.4, -0.2) is 60.3 Å². The zero-order valence-electron chi connectivity index (χ0n) is 20.7. The number of fused-ring (bicyclic) bond motifs is 1. The minimum atomic E-state index is -3.28. The van der Waals surface area contributed by atoms with Crippen molar-refractivity contribution in [2.45, 2.75) is 25.2 Å². The quantitative estimate of drug-likeness (QED) is 0.260. The second-order valence-electron chi connectivity index (χ2n) is 9.05. The van der Waals surface area contributed by atoms with E-state index in [1.807, 2.05) is 44.1 Å². The number of ether oxygens (including phenoxy) is 1. The number of carboxylic acids is 1. The lowest BCUT2D eigenvalue weighted by Gasteiger charge is -2.15. The molecule has 0 bridgehead atoms. The monoisotopic (exact) mass is 561 g/mol. The summed E-state index contributed by atoms with van der Waals surface area (Å²) in [5, 5.41) is 10.9. The maximum Gasteiger partial charge on any atom is 0.349 e. The summed E-state index contributed by atoms with van der Waals surface area (Å²) in [6.07, 6.45) is 1.69. The van der Waals surface area contributed by atoms with E-state index in [4.69, 9.17) is 16.3 Å². The molecule has 2 aromatic carbocycles. The summed E-state index contributed by atoms with van der Waals surface area (Å²) >= 11 is 7.35. The molecule has 8 nitrogen and oxygen atoms in total. The van der Waals surface area contributed by atoms with Crippen molar-refractivity contribution in [1.29, 1.82) is 0 Å². The fourth-order valence-corrected chi connectivity index (χ4v) is 6.63. The van der Waals surface area contributed by atoms with Gasteiger partial charge in [0.25, 0.3) is 0 Å². The van der Waals surface area contributed by atoms with E-state index in [0.717, 1.165) is 16.9 Å². The van der Waals surface area contributed by atoms with Gasteiger partial charge in [-0.3, -0.25) is 4.57 Å². The second kappa shape index (κ2) is 11.2. The van der Waals surface area contributed by atoms with Crippen LogP contribution >= 0.6 is 22.9 Å². The lowest BCUT2D eigenvalue weighted by atomic mass is 10.1. The Morgan fingerprint density at radius 2 is 1.97 bits per heavy atom. The van der Waals surface area contributed by atoms with E-state index in [-0.39, 0.29) is 22.1 Å². The van der Waals surface area contributed by atoms with Crippen molar-refractivity contribution < 1.29 is 23.1 Å². The molecule has 2 aromatic heterocycles. The molecule has 0 saturated carbocycles. The topological polar surface area (TPSA) is 102 Å². The maximum absolute atomic E-state index is 12.6. The van der Waals surface area contributed by atoms with E-state index in [0.29, 0.717) is 39.6 Å². The molecular formula is C26H28ClN3O5S2. The number of aromatic carboxylic acids is 1. The number of benzene rings is 2. The number of aromatic nitrogens is 2. The fraction of sp³-hybridized carbons (Fsp3) is 0.308. The van der Waals surface area contributed by atoms with Crippen LogP contribution in [0.25, 0.3) is 16.0 Å². The molecule has 0 spiro atoms. The van der Waals surface area contributed by atoms with Crippen LogP contribution < -0.4 is 4.74 Å². The predicted octanol–water partition coefficient (Wildman–Crippen LogP) is 5.45. The van der Waals surface area contributed by atoms with Crippen LogP contribution in [0.4, 0.5) is 0 Å². The van der Waals surface area contributed by atoms with Gasteiger partial charge in [0, 0.05) is 16.7 Å². The zero-order chi connectivity index (χ0) is 26.7. The lowest BCUT2D eigenvalue weighted by Crippen LogP contribution is -2.18. The van der Waals surface area contributed by atoms with Crippen LogP contribution in [0.3, 0.4) is 0 Å². The summed E-state index contributed by atoms with van der Waals surface area (Å²) in [5.41, 5.74) is 2.76. The molecule has 4 aromatic rings. The van der Waals surface area contributed by atoms with Crippen molar-refractivity contribution in [2.24, 2.45) is 0 Å². The summed E-state index contributed by atoms with van der Waals surface area (Å²) in [4.78, 5) is 18.4. The number of hydrogen-bond acceptors (Lipinski definition) is 7. The van der Waals surface area contributed by atoms with E-state index < -0.39 is 21.9 Å². The van der Waals surface area contributed by atoms with Gasteiger partial charge in [-0.05, 0) is 57.7 Å². The summed E-state index contributed by atoms with van der Waals surface area (Å²) < 4.78 is 33.1. The smallest absolute Gasteiger partial charge is 0.349 e. The van der Waals surface area contributed by atoms with Crippen LogP contribution in [0.1, 0.15) is 40.2 Å². The molecule has 0 saturated heterocycles. The minimum Gasteiger partial charge on any atom is -0.484 e. The van der Waals surface area contributed by atoms with Gasteiger partial charge in [-0.15, -0.1) is 11.3 Å². The van der Waals surface area contributed by atoms with Gasteiger partial charge >= 0.3 is 5.97 Å². The molecule has 37 heavy (non-hydrogen) atoms. The zero-order valence-corrected chi connectivity index (χ0v) is 23.1. The number of hydrogen-bond donors (Lipinski definition) is 1. The molecule has 1 atom stereocenters. The molecule has 1 N–H and O–H groups in total. The number of halogens is 1. The number of sulfone groups is 1. The highest BCUT2D eigenvalue weighted by Crippen LogP contribution is 2.37. The Labute approximate surface area is 225 Å². The number of carboxylic acid groups (broad SMARTS) is 1. The Morgan fingerprint density at radius 1 is 1.22 bits per heavy atom. The molecule has 0 aliphatic carbocycles. The van der Waals surface area contributed by atoms with E-state index in [2.05, 4.69) is 4.98 Å². The van der Waals surface area contributed by atoms with Gasteiger partial charge in [-0.2, -0.15) is 0 Å². The molecule has 4 rings (SSSR count). The van der Waals surface area contributed by atoms with Gasteiger partial charge in [-0.1, -0.05) is 35.9 Å². The maximum atomic E-state index is 12.6. The molecule has 0 unspecified atom stereocenters. The van der Waals surface area contributed by atoms with Crippen molar-refractivity contribution in [1.82, 2.24) is 14.5 Å². The van der Waals surface area contributed by atoms with Gasteiger partial charge in [-0.25, -0.2) is 18.2 Å². The van der Waals surface area contributed by atoms with Crippen LogP contribution in [0, 0.1) is 0 Å². The van der Waals surface area contributed by atoms with E-state index in [1.54, 1.807) is 41.2 Å². The number of nitrogens with zero attached hydrogens (tertiary/aromatic N) is 3. The summed E-state index contributed by atoms with van der Waals surface area (Å²) in [6, 6.07) is 14.2. The third-order valence-corrected chi connectivity index (χ3v) is 8.95. The average Bonchev–Trinajstić information content (AvgIpc) is 3.42. The molecule has 196 valence electrons. The normalized spacial score (nSPS) is 12.8. The SMILES string of the molecule is C[C@@H](Oc1cc(-n2cnc3ccc(CS(=O)(=O)CCCN(C)C)cc32)sc1C(=O)O)c1ccccc1Cl. The highest BCUT2D eigenvalue weighted by molar-refractivity contribution is 7.90. The van der Waals surface area contributed by atoms with E-state index in [1.165, 1.54) is 0 Å². The molecular weight excluding hydrogens is 534 g/mol. The minimum absolute atomic E-state index is 0.0513. The third kappa shape index (κ3) is 6.51. The molecule has 0 aliphatic heterocycles. The highest BCUT2D eigenvalue weighted by atomic mass is 35.5. The first kappa shape index (κ1) is 27.1. The molecule has 2 heterocycles. The largest absolute Gasteiger partial charge is 0.484 e. The fourth-order valence-electron chi connectivity index (χ4n) is 4.02. The second-order valence-corrected chi connectivity index (χ2v) is 12.7. The Balaban J connectivity index is 1.63. The van der Waals surface area contributed by atoms with Gasteiger partial charge in [0.05, 0.1) is 22.5 Å². The lowest BCUT2D eigenvalue weighted by molar-refractivity contribution is 0.0695. The van der Waals surface area contributed by atoms with E-state index in [9.17, 15) is 18.3 Å². The van der Waals surface area contributed by atoms with Crippen LogP contribution in [-0.2, 0) is 15.6 Å². The van der Waals surface area contributed by atoms with Crippen LogP contribution in [0.2, 0.25) is 5.02 Å². The molecule has 0 aliphatic rings. The Bertz CT molecular complexity index is 1530. The molecule has 11 heteroatoms. The van der Waals surface area contributed by atoms with Crippen molar-refractivity contribution in [3.8, 4) is 10.8 Å². The van der Waals surface area contributed by atoms with Gasteiger partial charge in [0.15, 0.2) is 14.7 Å². The van der Waals surface area contributed by atoms with Crippen molar-refractivity contribution in [3.05, 3.63) is 75.9 Å². The molecule has 0 radical (unpaired) electrons. The van der Waals surface area contributed by atoms with Crippen LogP contribution in [0.5, 0.6) is 5.75 Å². The van der Waals surface area contributed by atoms with Crippen molar-refractivity contribution in [3.63, 3.8) is 0 Å². The van der Waals surface area contributed by atoms with Crippen molar-refractivity contribution >= 4 is 49.8 Å². The molecule has 0 amide bonds. The Morgan fingerprint density at radius 3 is 2.68 bits per heavy atom. The van der Waals surface area contributed by atoms with Crippen molar-refractivity contribution in [2.75, 3.05) is 26.4 Å².